The first-order valence-corrected chi connectivity index (χ1v) is 5.60. The van der Waals surface area contributed by atoms with Crippen LogP contribution in [-0.4, -0.2) is 54.7 Å². The smallest absolute Gasteiger partial charge is 0.326 e. The minimum atomic E-state index is -1.28. The lowest BCUT2D eigenvalue weighted by molar-refractivity contribution is -0.143. The molecule has 2 amide bonds. The zero-order valence-corrected chi connectivity index (χ0v) is 9.85. The van der Waals surface area contributed by atoms with Crippen molar-refractivity contribution in [3.05, 3.63) is 0 Å². The largest absolute Gasteiger partial charge is 0.480 e. The third-order valence-corrected chi connectivity index (χ3v) is 2.47. The Morgan fingerprint density at radius 1 is 1.50 bits per heavy atom. The summed E-state index contributed by atoms with van der Waals surface area (Å²) in [5.41, 5.74) is 4.91. The molecule has 8 heteroatoms. The average Bonchev–Trinajstić information content (AvgIpc) is 2.28. The fourth-order valence-electron chi connectivity index (χ4n) is 1.63. The van der Waals surface area contributed by atoms with Gasteiger partial charge in [-0.05, 0) is 0 Å². The van der Waals surface area contributed by atoms with Crippen LogP contribution < -0.4 is 16.4 Å². The summed E-state index contributed by atoms with van der Waals surface area (Å²) in [5.74, 6) is -2.51. The molecule has 0 bridgehead atoms. The second-order valence-corrected chi connectivity index (χ2v) is 4.06. The molecule has 0 radical (unpaired) electrons. The Balaban J connectivity index is 2.40. The lowest BCUT2D eigenvalue weighted by atomic mass is 10.1. The van der Waals surface area contributed by atoms with Crippen molar-refractivity contribution in [3.8, 4) is 0 Å². The van der Waals surface area contributed by atoms with Gasteiger partial charge in [0, 0.05) is 19.0 Å². The van der Waals surface area contributed by atoms with Gasteiger partial charge in [0.2, 0.25) is 11.8 Å². The highest BCUT2D eigenvalue weighted by Crippen LogP contribution is 2.00. The minimum absolute atomic E-state index is 0.0997. The zero-order chi connectivity index (χ0) is 13.5. The van der Waals surface area contributed by atoms with E-state index >= 15 is 0 Å². The van der Waals surface area contributed by atoms with E-state index in [1.807, 2.05) is 0 Å². The van der Waals surface area contributed by atoms with Crippen molar-refractivity contribution >= 4 is 17.8 Å². The fraction of sp³-hybridized carbons (Fsp3) is 0.700. The lowest BCUT2D eigenvalue weighted by Gasteiger charge is -2.23. The molecule has 1 aliphatic heterocycles. The van der Waals surface area contributed by atoms with E-state index < -0.39 is 30.2 Å². The molecule has 1 rings (SSSR count). The molecule has 0 aromatic carbocycles. The van der Waals surface area contributed by atoms with Gasteiger partial charge in [-0.2, -0.15) is 0 Å². The summed E-state index contributed by atoms with van der Waals surface area (Å²) in [6, 6.07) is -1.42. The Bertz CT molecular complexity index is 327. The van der Waals surface area contributed by atoms with Gasteiger partial charge < -0.3 is 26.2 Å². The maximum absolute atomic E-state index is 11.6. The van der Waals surface area contributed by atoms with Crippen LogP contribution in [0.3, 0.4) is 0 Å². The molecule has 0 aromatic rings. The number of hydrogen-bond acceptors (Lipinski definition) is 5. The number of carbonyl (C=O) groups is 3. The lowest BCUT2D eigenvalue weighted by Crippen LogP contribution is -2.48. The van der Waals surface area contributed by atoms with Crippen molar-refractivity contribution in [2.24, 2.45) is 5.73 Å². The third kappa shape index (κ3) is 5.11. The van der Waals surface area contributed by atoms with E-state index in [2.05, 4.69) is 10.6 Å². The number of primary amides is 1. The van der Waals surface area contributed by atoms with Gasteiger partial charge in [0.1, 0.15) is 6.04 Å². The third-order valence-electron chi connectivity index (χ3n) is 2.47. The second kappa shape index (κ2) is 6.92. The maximum Gasteiger partial charge on any atom is 0.326 e. The number of rotatable bonds is 6. The first kappa shape index (κ1) is 14.4. The number of carboxylic acids is 1. The van der Waals surface area contributed by atoms with Crippen molar-refractivity contribution in [2.45, 2.75) is 24.9 Å². The summed E-state index contributed by atoms with van der Waals surface area (Å²) in [6.07, 6.45) is -0.321. The first-order valence-electron chi connectivity index (χ1n) is 5.60. The van der Waals surface area contributed by atoms with Gasteiger partial charge >= 0.3 is 5.97 Å². The predicted octanol–water partition coefficient (Wildman–Crippen LogP) is -2.19. The number of carboxylic acid groups (broad SMARTS) is 1. The quantitative estimate of drug-likeness (QED) is 0.428. The van der Waals surface area contributed by atoms with Crippen LogP contribution in [0.1, 0.15) is 12.8 Å². The molecular formula is C10H17N3O5. The summed E-state index contributed by atoms with van der Waals surface area (Å²) >= 11 is 0. The molecule has 1 aliphatic rings. The SMILES string of the molecule is NC(=O)C[C@H](NC(=O)CC1COCCN1)C(=O)O. The van der Waals surface area contributed by atoms with Gasteiger partial charge in [-0.3, -0.25) is 9.59 Å². The molecule has 1 saturated heterocycles. The molecule has 5 N–H and O–H groups in total. The van der Waals surface area contributed by atoms with Gasteiger partial charge in [-0.1, -0.05) is 0 Å². The highest BCUT2D eigenvalue weighted by molar-refractivity contribution is 5.88. The van der Waals surface area contributed by atoms with E-state index in [-0.39, 0.29) is 12.5 Å². The molecule has 18 heavy (non-hydrogen) atoms. The normalized spacial score (nSPS) is 21.0. The monoisotopic (exact) mass is 259 g/mol. The Hall–Kier alpha value is -1.67. The number of amides is 2. The van der Waals surface area contributed by atoms with Crippen molar-refractivity contribution in [1.82, 2.24) is 10.6 Å². The van der Waals surface area contributed by atoms with Crippen molar-refractivity contribution in [2.75, 3.05) is 19.8 Å². The van der Waals surface area contributed by atoms with E-state index in [4.69, 9.17) is 15.6 Å². The summed E-state index contributed by atoms with van der Waals surface area (Å²) in [6.45, 7) is 1.65. The molecule has 102 valence electrons. The topological polar surface area (TPSA) is 131 Å². The zero-order valence-electron chi connectivity index (χ0n) is 9.85. The number of nitrogens with two attached hydrogens (primary N) is 1. The average molecular weight is 259 g/mol. The summed E-state index contributed by atoms with van der Waals surface area (Å²) < 4.78 is 5.17. The molecule has 1 fully saturated rings. The van der Waals surface area contributed by atoms with Gasteiger partial charge in [-0.25, -0.2) is 4.79 Å². The summed E-state index contributed by atoms with van der Waals surface area (Å²) in [4.78, 5) is 33.0. The van der Waals surface area contributed by atoms with Crippen LogP contribution >= 0.6 is 0 Å². The van der Waals surface area contributed by atoms with E-state index in [9.17, 15) is 14.4 Å². The fourth-order valence-corrected chi connectivity index (χ4v) is 1.63. The summed E-state index contributed by atoms with van der Waals surface area (Å²) in [7, 11) is 0. The minimum Gasteiger partial charge on any atom is -0.480 e. The number of morpholine rings is 1. The molecule has 8 nitrogen and oxygen atoms in total. The van der Waals surface area contributed by atoms with Gasteiger partial charge in [-0.15, -0.1) is 0 Å². The van der Waals surface area contributed by atoms with Crippen LogP contribution in [-0.2, 0) is 19.1 Å². The molecular weight excluding hydrogens is 242 g/mol. The Morgan fingerprint density at radius 2 is 2.22 bits per heavy atom. The highest BCUT2D eigenvalue weighted by atomic mass is 16.5. The van der Waals surface area contributed by atoms with Crippen molar-refractivity contribution in [3.63, 3.8) is 0 Å². The van der Waals surface area contributed by atoms with Gasteiger partial charge in [0.25, 0.3) is 0 Å². The van der Waals surface area contributed by atoms with E-state index in [0.717, 1.165) is 0 Å². The van der Waals surface area contributed by atoms with Crippen LogP contribution in [0.15, 0.2) is 0 Å². The van der Waals surface area contributed by atoms with E-state index in [0.29, 0.717) is 19.8 Å². The second-order valence-electron chi connectivity index (χ2n) is 4.06. The molecule has 1 heterocycles. The predicted molar refractivity (Wildman–Crippen MR) is 60.6 cm³/mol. The number of ether oxygens (including phenoxy) is 1. The first-order chi connectivity index (χ1) is 8.49. The van der Waals surface area contributed by atoms with Crippen molar-refractivity contribution in [1.29, 1.82) is 0 Å². The molecule has 0 spiro atoms. The van der Waals surface area contributed by atoms with E-state index in [1.165, 1.54) is 0 Å². The Kier molecular flexibility index (Phi) is 5.53. The Morgan fingerprint density at radius 3 is 2.72 bits per heavy atom. The van der Waals surface area contributed by atoms with Crippen LogP contribution in [0.2, 0.25) is 0 Å². The highest BCUT2D eigenvalue weighted by Gasteiger charge is 2.24. The van der Waals surface area contributed by atoms with Gasteiger partial charge in [0.05, 0.1) is 19.6 Å². The molecule has 0 aliphatic carbocycles. The Labute approximate surface area is 104 Å². The van der Waals surface area contributed by atoms with Gasteiger partial charge in [0.15, 0.2) is 0 Å². The van der Waals surface area contributed by atoms with Crippen LogP contribution in [0.25, 0.3) is 0 Å². The van der Waals surface area contributed by atoms with Crippen LogP contribution in [0.4, 0.5) is 0 Å². The molecule has 1 unspecified atom stereocenters. The van der Waals surface area contributed by atoms with Crippen molar-refractivity contribution < 1.29 is 24.2 Å². The van der Waals surface area contributed by atoms with E-state index in [1.54, 1.807) is 0 Å². The van der Waals surface area contributed by atoms with Crippen LogP contribution in [0, 0.1) is 0 Å². The number of hydrogen-bond donors (Lipinski definition) is 4. The molecule has 0 saturated carbocycles. The summed E-state index contributed by atoms with van der Waals surface area (Å²) in [5, 5.41) is 14.1. The van der Waals surface area contributed by atoms with Crippen LogP contribution in [0.5, 0.6) is 0 Å². The number of aliphatic carboxylic acids is 1. The standard InChI is InChI=1S/C10H17N3O5/c11-8(14)4-7(10(16)17)13-9(15)3-6-5-18-2-1-12-6/h6-7,12H,1-5H2,(H2,11,14)(H,13,15)(H,16,17)/t6?,7-/m0/s1. The molecule has 0 aromatic heterocycles. The number of nitrogens with one attached hydrogen (secondary N) is 2. The molecule has 2 atom stereocenters. The maximum atomic E-state index is 11.6. The number of carbonyl (C=O) groups excluding carboxylic acids is 2.